The minimum absolute atomic E-state index is 1.30. The topological polar surface area (TPSA) is 0 Å². The third-order valence-electron chi connectivity index (χ3n) is 2.22. The van der Waals surface area contributed by atoms with Crippen LogP contribution in [0.25, 0.3) is 11.6 Å². The molecule has 0 heterocycles. The van der Waals surface area contributed by atoms with E-state index in [0.29, 0.717) is 0 Å². The number of benzene rings is 1. The molecule has 0 heteroatoms. The van der Waals surface area contributed by atoms with E-state index in [4.69, 9.17) is 0 Å². The highest BCUT2D eigenvalue weighted by Gasteiger charge is 1.88. The van der Waals surface area contributed by atoms with Crippen LogP contribution in [0.4, 0.5) is 0 Å². The average Bonchev–Trinajstić information content (AvgIpc) is 2.15. The summed E-state index contributed by atoms with van der Waals surface area (Å²) < 4.78 is 0. The summed E-state index contributed by atoms with van der Waals surface area (Å²) in [6.07, 6.45) is 6.29. The first-order valence-electron chi connectivity index (χ1n) is 5.02. The highest BCUT2D eigenvalue weighted by atomic mass is 13.9. The monoisotopic (exact) mass is 186 g/mol. The molecule has 0 aliphatic rings. The minimum atomic E-state index is 1.30. The van der Waals surface area contributed by atoms with Gasteiger partial charge in [0.1, 0.15) is 0 Å². The molecular weight excluding hydrogens is 168 g/mol. The zero-order valence-electron chi connectivity index (χ0n) is 9.46. The van der Waals surface area contributed by atoms with E-state index in [2.05, 4.69) is 57.2 Å². The van der Waals surface area contributed by atoms with Gasteiger partial charge in [-0.25, -0.2) is 0 Å². The average molecular weight is 186 g/mol. The fraction of sp³-hybridized carbons (Fsp3) is 0.286. The number of aryl methyl sites for hydroxylation is 1. The predicted molar refractivity (Wildman–Crippen MR) is 64.5 cm³/mol. The van der Waals surface area contributed by atoms with Crippen LogP contribution in [-0.2, 0) is 0 Å². The van der Waals surface area contributed by atoms with E-state index in [-0.39, 0.29) is 0 Å². The van der Waals surface area contributed by atoms with Gasteiger partial charge in [0.05, 0.1) is 0 Å². The Balaban J connectivity index is 3.54. The third kappa shape index (κ3) is 2.59. The van der Waals surface area contributed by atoms with Gasteiger partial charge >= 0.3 is 0 Å². The van der Waals surface area contributed by atoms with Gasteiger partial charge in [-0.1, -0.05) is 47.6 Å². The summed E-state index contributed by atoms with van der Waals surface area (Å²) >= 11 is 0. The molecule has 1 rings (SSSR count). The molecule has 1 aromatic carbocycles. The first kappa shape index (κ1) is 10.8. The Bertz CT molecular complexity index is 443. The van der Waals surface area contributed by atoms with Gasteiger partial charge in [-0.3, -0.25) is 0 Å². The summed E-state index contributed by atoms with van der Waals surface area (Å²) in [5, 5.41) is 2.65. The largest absolute Gasteiger partial charge is 0.0876 e. The summed E-state index contributed by atoms with van der Waals surface area (Å²) in [5.74, 6) is 0. The number of allylic oxidation sites excluding steroid dienone is 2. The van der Waals surface area contributed by atoms with Crippen molar-refractivity contribution >= 4 is 11.6 Å². The number of hydrogen-bond acceptors (Lipinski definition) is 0. The third-order valence-corrected chi connectivity index (χ3v) is 2.22. The molecule has 1 aromatic rings. The zero-order valence-corrected chi connectivity index (χ0v) is 9.46. The van der Waals surface area contributed by atoms with Crippen molar-refractivity contribution in [1.29, 1.82) is 0 Å². The van der Waals surface area contributed by atoms with Crippen molar-refractivity contribution in [3.63, 3.8) is 0 Å². The Hall–Kier alpha value is -1.30. The van der Waals surface area contributed by atoms with Crippen LogP contribution in [-0.4, -0.2) is 0 Å². The Morgan fingerprint density at radius 2 is 1.93 bits per heavy atom. The van der Waals surface area contributed by atoms with Crippen molar-refractivity contribution in [2.24, 2.45) is 0 Å². The van der Waals surface area contributed by atoms with Crippen molar-refractivity contribution in [3.8, 4) is 0 Å². The molecule has 14 heavy (non-hydrogen) atoms. The number of hydrogen-bond donors (Lipinski definition) is 0. The van der Waals surface area contributed by atoms with Gasteiger partial charge in [0.25, 0.3) is 0 Å². The summed E-state index contributed by atoms with van der Waals surface area (Å²) in [7, 11) is 0. The van der Waals surface area contributed by atoms with Gasteiger partial charge in [0.2, 0.25) is 0 Å². The Kier molecular flexibility index (Phi) is 3.70. The molecule has 0 saturated heterocycles. The Morgan fingerprint density at radius 3 is 2.50 bits per heavy atom. The fourth-order valence-corrected chi connectivity index (χ4v) is 1.45. The van der Waals surface area contributed by atoms with Crippen LogP contribution in [0.3, 0.4) is 0 Å². The molecule has 0 nitrogen and oxygen atoms in total. The molecule has 0 aliphatic heterocycles. The SMILES string of the molecule is C/C=C/C=c1/ccc(C)cc1=C(C)C. The van der Waals surface area contributed by atoms with Crippen LogP contribution in [0.2, 0.25) is 0 Å². The maximum atomic E-state index is 2.24. The van der Waals surface area contributed by atoms with Crippen molar-refractivity contribution in [1.82, 2.24) is 0 Å². The molecule has 0 fully saturated rings. The number of rotatable bonds is 1. The molecule has 0 bridgehead atoms. The van der Waals surface area contributed by atoms with E-state index in [1.165, 1.54) is 21.6 Å². The molecule has 0 aliphatic carbocycles. The lowest BCUT2D eigenvalue weighted by atomic mass is 10.1. The van der Waals surface area contributed by atoms with E-state index >= 15 is 0 Å². The Morgan fingerprint density at radius 1 is 1.21 bits per heavy atom. The lowest BCUT2D eigenvalue weighted by Crippen LogP contribution is -2.25. The predicted octanol–water partition coefficient (Wildman–Crippen LogP) is 2.54. The van der Waals surface area contributed by atoms with Gasteiger partial charge in [0.15, 0.2) is 0 Å². The summed E-state index contributed by atoms with van der Waals surface area (Å²) in [6.45, 7) is 8.47. The van der Waals surface area contributed by atoms with Gasteiger partial charge in [-0.2, -0.15) is 0 Å². The van der Waals surface area contributed by atoms with Crippen molar-refractivity contribution in [2.75, 3.05) is 0 Å². The molecule has 0 spiro atoms. The summed E-state index contributed by atoms with van der Waals surface area (Å²) in [4.78, 5) is 0. The van der Waals surface area contributed by atoms with Crippen LogP contribution < -0.4 is 10.4 Å². The molecule has 0 amide bonds. The molecule has 0 aromatic heterocycles. The van der Waals surface area contributed by atoms with Crippen LogP contribution in [0, 0.1) is 6.92 Å². The first-order valence-corrected chi connectivity index (χ1v) is 5.02. The second-order valence-electron chi connectivity index (χ2n) is 3.78. The normalized spacial score (nSPS) is 12.4. The van der Waals surface area contributed by atoms with Gasteiger partial charge in [0, 0.05) is 0 Å². The molecule has 0 N–H and O–H groups in total. The maximum absolute atomic E-state index is 2.24. The lowest BCUT2D eigenvalue weighted by Gasteiger charge is -1.96. The van der Waals surface area contributed by atoms with Crippen molar-refractivity contribution in [3.05, 3.63) is 46.4 Å². The van der Waals surface area contributed by atoms with Crippen molar-refractivity contribution in [2.45, 2.75) is 27.7 Å². The van der Waals surface area contributed by atoms with Crippen molar-refractivity contribution < 1.29 is 0 Å². The quantitative estimate of drug-likeness (QED) is 0.632. The summed E-state index contributed by atoms with van der Waals surface area (Å²) in [5.41, 5.74) is 2.68. The lowest BCUT2D eigenvalue weighted by molar-refractivity contribution is 1.37. The van der Waals surface area contributed by atoms with Gasteiger partial charge in [-0.05, 0) is 38.1 Å². The van der Waals surface area contributed by atoms with Gasteiger partial charge < -0.3 is 0 Å². The van der Waals surface area contributed by atoms with E-state index in [1.807, 2.05) is 6.92 Å². The molecule has 0 saturated carbocycles. The van der Waals surface area contributed by atoms with E-state index < -0.39 is 0 Å². The standard InChI is InChI=1S/C14H18/c1-5-6-7-13-9-8-12(4)10-14(13)11(2)3/h5-10H,1-4H3/b6-5+,13-7-. The van der Waals surface area contributed by atoms with E-state index in [1.54, 1.807) is 0 Å². The van der Waals surface area contributed by atoms with Crippen LogP contribution in [0.5, 0.6) is 0 Å². The highest BCUT2D eigenvalue weighted by molar-refractivity contribution is 5.45. The van der Waals surface area contributed by atoms with Crippen LogP contribution in [0.15, 0.2) is 30.4 Å². The zero-order chi connectivity index (χ0) is 10.6. The smallest absolute Gasteiger partial charge is 0.0185 e. The van der Waals surface area contributed by atoms with E-state index in [0.717, 1.165) is 0 Å². The maximum Gasteiger partial charge on any atom is -0.0185 e. The molecule has 0 unspecified atom stereocenters. The van der Waals surface area contributed by atoms with Gasteiger partial charge in [-0.15, -0.1) is 0 Å². The molecule has 0 radical (unpaired) electrons. The van der Waals surface area contributed by atoms with E-state index in [9.17, 15) is 0 Å². The molecule has 0 atom stereocenters. The molecular formula is C14H18. The Labute approximate surface area is 86.3 Å². The second kappa shape index (κ2) is 4.80. The first-order chi connectivity index (χ1) is 6.65. The van der Waals surface area contributed by atoms with Crippen LogP contribution in [0.1, 0.15) is 26.3 Å². The summed E-state index contributed by atoms with van der Waals surface area (Å²) in [6, 6.07) is 6.57. The highest BCUT2D eigenvalue weighted by Crippen LogP contribution is 1.90. The fourth-order valence-electron chi connectivity index (χ4n) is 1.45. The van der Waals surface area contributed by atoms with Crippen LogP contribution >= 0.6 is 0 Å². The molecule has 74 valence electrons. The minimum Gasteiger partial charge on any atom is -0.0876 e. The second-order valence-corrected chi connectivity index (χ2v) is 3.78.